The molecule has 0 unspecified atom stereocenters. The Morgan fingerprint density at radius 2 is 1.60 bits per heavy atom. The largest absolute Gasteiger partial charge is 0.469 e. The Kier molecular flexibility index (Phi) is 9.85. The summed E-state index contributed by atoms with van der Waals surface area (Å²) in [6.07, 6.45) is 6.53. The van der Waals surface area contributed by atoms with Crippen LogP contribution in [0.25, 0.3) is 11.1 Å². The molecule has 11 nitrogen and oxygen atoms in total. The zero-order valence-corrected chi connectivity index (χ0v) is 25.9. The van der Waals surface area contributed by atoms with E-state index in [2.05, 4.69) is 35.2 Å². The molecule has 1 amide bonds. The van der Waals surface area contributed by atoms with Gasteiger partial charge in [0.1, 0.15) is 17.5 Å². The Labute approximate surface area is 270 Å². The molecule has 1 saturated heterocycles. The molecular weight excluding hydrogens is 613 g/mol. The van der Waals surface area contributed by atoms with Gasteiger partial charge in [-0.1, -0.05) is 37.3 Å². The summed E-state index contributed by atoms with van der Waals surface area (Å²) >= 11 is 0. The fraction of sp³-hybridized carbons (Fsp3) is 0.424. The van der Waals surface area contributed by atoms with Crippen molar-refractivity contribution in [3.05, 3.63) is 78.3 Å². The van der Waals surface area contributed by atoms with Crippen LogP contribution < -0.4 is 15.0 Å². The molecule has 14 heteroatoms. The first kappa shape index (κ1) is 32.2. The van der Waals surface area contributed by atoms with Crippen molar-refractivity contribution in [1.82, 2.24) is 29.9 Å². The molecule has 47 heavy (non-hydrogen) atoms. The molecule has 1 aliphatic carbocycles. The monoisotopic (exact) mass is 648 g/mol. The normalized spacial score (nSPS) is 18.3. The molecule has 3 aromatic heterocycles. The number of aryl methyl sites for hydroxylation is 2. The maximum atomic E-state index is 13.8. The second-order valence-corrected chi connectivity index (χ2v) is 11.6. The van der Waals surface area contributed by atoms with Gasteiger partial charge in [-0.25, -0.2) is 24.9 Å². The molecule has 2 fully saturated rings. The maximum absolute atomic E-state index is 13.8. The number of benzene rings is 1. The summed E-state index contributed by atoms with van der Waals surface area (Å²) < 4.78 is 51.2. The van der Waals surface area contributed by atoms with Crippen LogP contribution in [0.4, 0.5) is 25.1 Å². The number of rotatable bonds is 11. The van der Waals surface area contributed by atoms with Crippen molar-refractivity contribution in [1.29, 1.82) is 0 Å². The van der Waals surface area contributed by atoms with E-state index < -0.39 is 23.7 Å². The number of aromatic nitrogens is 6. The van der Waals surface area contributed by atoms with E-state index >= 15 is 0 Å². The van der Waals surface area contributed by atoms with E-state index in [9.17, 15) is 18.0 Å². The third kappa shape index (κ3) is 7.99. The Morgan fingerprint density at radius 1 is 0.936 bits per heavy atom. The third-order valence-corrected chi connectivity index (χ3v) is 8.29. The highest BCUT2D eigenvalue weighted by molar-refractivity contribution is 5.92. The minimum absolute atomic E-state index is 0.0577. The van der Waals surface area contributed by atoms with Gasteiger partial charge in [0.25, 0.3) is 0 Å². The SMILES string of the molecule is CCc1ncc(-c2cnc(N(C(=O)CCc3ccccc3)C3CCC(Nc4ncc(C(F)(F)F)c(OC5COC5)n4)CC3)nc2)cn1. The Morgan fingerprint density at radius 3 is 2.19 bits per heavy atom. The summed E-state index contributed by atoms with van der Waals surface area (Å²) in [5.41, 5.74) is 1.55. The number of ether oxygens (including phenoxy) is 2. The molecule has 1 aliphatic heterocycles. The second-order valence-electron chi connectivity index (χ2n) is 11.6. The lowest BCUT2D eigenvalue weighted by Crippen LogP contribution is -2.45. The minimum Gasteiger partial charge on any atom is -0.469 e. The molecule has 0 bridgehead atoms. The molecule has 1 saturated carbocycles. The Hall–Kier alpha value is -4.72. The summed E-state index contributed by atoms with van der Waals surface area (Å²) in [6.45, 7) is 2.41. The van der Waals surface area contributed by atoms with Crippen molar-refractivity contribution in [2.24, 2.45) is 0 Å². The van der Waals surface area contributed by atoms with Gasteiger partial charge < -0.3 is 14.8 Å². The van der Waals surface area contributed by atoms with Crippen molar-refractivity contribution in [3.8, 4) is 17.0 Å². The van der Waals surface area contributed by atoms with Gasteiger partial charge in [0.05, 0.1) is 13.2 Å². The predicted octanol–water partition coefficient (Wildman–Crippen LogP) is 5.47. The van der Waals surface area contributed by atoms with Crippen LogP contribution >= 0.6 is 0 Å². The maximum Gasteiger partial charge on any atom is 0.423 e. The minimum atomic E-state index is -4.65. The van der Waals surface area contributed by atoms with E-state index in [4.69, 9.17) is 9.47 Å². The van der Waals surface area contributed by atoms with Crippen LogP contribution in [0.15, 0.2) is 61.3 Å². The molecule has 1 N–H and O–H groups in total. The van der Waals surface area contributed by atoms with Crippen LogP contribution in [0.5, 0.6) is 5.88 Å². The van der Waals surface area contributed by atoms with E-state index in [0.29, 0.717) is 38.1 Å². The number of carbonyl (C=O) groups excluding carboxylic acids is 1. The number of amides is 1. The topological polar surface area (TPSA) is 128 Å². The average Bonchev–Trinajstić information content (AvgIpc) is 3.07. The highest BCUT2D eigenvalue weighted by Gasteiger charge is 2.38. The van der Waals surface area contributed by atoms with Gasteiger partial charge in [-0.05, 0) is 37.7 Å². The van der Waals surface area contributed by atoms with Crippen LogP contribution in [-0.4, -0.2) is 67.2 Å². The van der Waals surface area contributed by atoms with Gasteiger partial charge in [-0.3, -0.25) is 9.69 Å². The lowest BCUT2D eigenvalue weighted by Gasteiger charge is -2.36. The van der Waals surface area contributed by atoms with Crippen LogP contribution in [-0.2, 0) is 28.5 Å². The Balaban J connectivity index is 1.15. The highest BCUT2D eigenvalue weighted by Crippen LogP contribution is 2.36. The number of alkyl halides is 3. The average molecular weight is 649 g/mol. The summed E-state index contributed by atoms with van der Waals surface area (Å²) in [4.78, 5) is 41.4. The molecule has 1 aromatic carbocycles. The standard InChI is InChI=1S/C33H35F3N8O3/c1-2-28-37-14-22(15-38-28)23-16-40-32(41-17-23)44(29(45)13-8-21-6-4-3-5-7-21)25-11-9-24(10-12-25)42-31-39-18-27(33(34,35)36)30(43-31)47-26-19-46-20-26/h3-7,14-18,24-26H,2,8-13,19-20H2,1H3,(H,39,42,43). The van der Waals surface area contributed by atoms with E-state index in [1.807, 2.05) is 37.3 Å². The molecule has 246 valence electrons. The van der Waals surface area contributed by atoms with Crippen LogP contribution in [0.1, 0.15) is 56.0 Å². The van der Waals surface area contributed by atoms with Crippen LogP contribution in [0, 0.1) is 0 Å². The number of carbonyl (C=O) groups is 1. The van der Waals surface area contributed by atoms with Crippen molar-refractivity contribution < 1.29 is 27.4 Å². The number of hydrogen-bond donors (Lipinski definition) is 1. The van der Waals surface area contributed by atoms with Crippen molar-refractivity contribution in [2.45, 2.75) is 76.2 Å². The molecule has 0 atom stereocenters. The molecule has 0 radical (unpaired) electrons. The van der Waals surface area contributed by atoms with Gasteiger partial charge in [-0.2, -0.15) is 18.2 Å². The Bertz CT molecular complexity index is 1630. The summed E-state index contributed by atoms with van der Waals surface area (Å²) in [5.74, 6) is 0.528. The number of halogens is 3. The van der Waals surface area contributed by atoms with E-state index in [1.54, 1.807) is 29.7 Å². The van der Waals surface area contributed by atoms with Crippen molar-refractivity contribution >= 4 is 17.8 Å². The van der Waals surface area contributed by atoms with Gasteiger partial charge in [-0.15, -0.1) is 0 Å². The number of anilines is 2. The fourth-order valence-corrected chi connectivity index (χ4v) is 5.60. The molecule has 0 spiro atoms. The first-order chi connectivity index (χ1) is 22.8. The number of nitrogens with zero attached hydrogens (tertiary/aromatic N) is 7. The molecule has 6 rings (SSSR count). The van der Waals surface area contributed by atoms with Crippen LogP contribution in [0.3, 0.4) is 0 Å². The molecule has 2 aliphatic rings. The first-order valence-corrected chi connectivity index (χ1v) is 15.7. The number of nitrogens with one attached hydrogen (secondary N) is 1. The first-order valence-electron chi connectivity index (χ1n) is 15.7. The quantitative estimate of drug-likeness (QED) is 0.224. The van der Waals surface area contributed by atoms with E-state index in [0.717, 1.165) is 35.1 Å². The molecule has 4 heterocycles. The third-order valence-electron chi connectivity index (χ3n) is 8.29. The predicted molar refractivity (Wildman–Crippen MR) is 167 cm³/mol. The van der Waals surface area contributed by atoms with Crippen molar-refractivity contribution in [2.75, 3.05) is 23.4 Å². The molecule has 4 aromatic rings. The number of hydrogen-bond acceptors (Lipinski definition) is 10. The van der Waals surface area contributed by atoms with E-state index in [-0.39, 0.29) is 43.6 Å². The fourth-order valence-electron chi connectivity index (χ4n) is 5.60. The summed E-state index contributed by atoms with van der Waals surface area (Å²) in [7, 11) is 0. The van der Waals surface area contributed by atoms with Crippen LogP contribution in [0.2, 0.25) is 0 Å². The lowest BCUT2D eigenvalue weighted by molar-refractivity contribution is -0.142. The van der Waals surface area contributed by atoms with Crippen molar-refractivity contribution in [3.63, 3.8) is 0 Å². The van der Waals surface area contributed by atoms with Gasteiger partial charge in [0, 0.05) is 67.0 Å². The summed E-state index contributed by atoms with van der Waals surface area (Å²) in [6, 6.07) is 9.53. The zero-order chi connectivity index (χ0) is 32.8. The highest BCUT2D eigenvalue weighted by atomic mass is 19.4. The molecular formula is C33H35F3N8O3. The summed E-state index contributed by atoms with van der Waals surface area (Å²) in [5, 5.41) is 3.17. The van der Waals surface area contributed by atoms with Gasteiger partial charge >= 0.3 is 6.18 Å². The smallest absolute Gasteiger partial charge is 0.423 e. The van der Waals surface area contributed by atoms with E-state index in [1.165, 1.54) is 0 Å². The zero-order valence-electron chi connectivity index (χ0n) is 25.9. The lowest BCUT2D eigenvalue weighted by atomic mass is 9.90. The van der Waals surface area contributed by atoms with Gasteiger partial charge in [0.2, 0.25) is 23.7 Å². The van der Waals surface area contributed by atoms with Gasteiger partial charge in [0.15, 0.2) is 0 Å². The second kappa shape index (κ2) is 14.4.